The molecule has 1 atom stereocenters. The molecular weight excluding hydrogens is 929 g/mol. The van der Waals surface area contributed by atoms with Gasteiger partial charge in [0, 0.05) is 99.5 Å². The second kappa shape index (κ2) is 18.3. The lowest BCUT2D eigenvalue weighted by Crippen LogP contribution is -2.54. The molecule has 3 aliphatic heterocycles. The number of carbonyl (C=O) groups is 4. The van der Waals surface area contributed by atoms with Gasteiger partial charge in [-0.25, -0.2) is 4.98 Å². The predicted octanol–water partition coefficient (Wildman–Crippen LogP) is 5.35. The first-order chi connectivity index (χ1) is 31.8. The molecule has 0 bridgehead atoms. The van der Waals surface area contributed by atoms with Gasteiger partial charge in [0.15, 0.2) is 0 Å². The van der Waals surface area contributed by atoms with Crippen LogP contribution in [-0.2, 0) is 21.2 Å². The Bertz CT molecular complexity index is 2970. The van der Waals surface area contributed by atoms with Gasteiger partial charge in [0.25, 0.3) is 11.8 Å². The van der Waals surface area contributed by atoms with Crippen molar-refractivity contribution in [2.24, 2.45) is 7.05 Å². The Balaban J connectivity index is 0.872. The van der Waals surface area contributed by atoms with E-state index >= 15 is 0 Å². The van der Waals surface area contributed by atoms with E-state index in [-0.39, 0.29) is 24.0 Å². The van der Waals surface area contributed by atoms with Crippen molar-refractivity contribution in [1.82, 2.24) is 44.8 Å². The fraction of sp³-hybridized carbons (Fsp3) is 0.311. The highest BCUT2D eigenvalue weighted by Gasteiger charge is 2.45. The summed E-state index contributed by atoms with van der Waals surface area (Å²) in [5, 5.41) is 17.4. The van der Waals surface area contributed by atoms with Crippen LogP contribution in [0.3, 0.4) is 0 Å². The monoisotopic (exact) mass is 975 g/mol. The normalized spacial score (nSPS) is 16.7. The molecule has 3 aromatic carbocycles. The van der Waals surface area contributed by atoms with Gasteiger partial charge < -0.3 is 30.2 Å². The fourth-order valence-electron chi connectivity index (χ4n) is 8.72. The van der Waals surface area contributed by atoms with Crippen LogP contribution < -0.4 is 36.2 Å². The molecule has 6 aromatic rings. The van der Waals surface area contributed by atoms with Crippen molar-refractivity contribution in [2.45, 2.75) is 25.3 Å². The van der Waals surface area contributed by atoms with E-state index < -0.39 is 36.8 Å². The number of imide groups is 2. The number of piperazine rings is 1. The minimum Gasteiger partial charge on any atom is -0.494 e. The first-order valence-electron chi connectivity index (χ1n) is 21.4. The van der Waals surface area contributed by atoms with E-state index in [2.05, 4.69) is 67.0 Å². The van der Waals surface area contributed by atoms with Crippen molar-refractivity contribution in [3.05, 3.63) is 89.0 Å². The topological polar surface area (TPSA) is 222 Å². The molecule has 21 heteroatoms. The van der Waals surface area contributed by atoms with Crippen molar-refractivity contribution in [3.63, 3.8) is 0 Å². The van der Waals surface area contributed by atoms with E-state index in [1.54, 1.807) is 61.9 Å². The van der Waals surface area contributed by atoms with Crippen molar-refractivity contribution < 1.29 is 28.5 Å². The number of piperidine rings is 1. The summed E-state index contributed by atoms with van der Waals surface area (Å²) in [7, 11) is 0.684. The molecular formula is C45H47BrN13O6P. The fourth-order valence-corrected chi connectivity index (χ4v) is 10.4. The van der Waals surface area contributed by atoms with Crippen LogP contribution in [0.25, 0.3) is 22.2 Å². The number of hydrogen-bond acceptors (Lipinski definition) is 16. The zero-order chi connectivity index (χ0) is 46.3. The molecule has 0 radical (unpaired) electrons. The van der Waals surface area contributed by atoms with E-state index in [1.165, 1.54) is 0 Å². The van der Waals surface area contributed by atoms with E-state index in [1.807, 2.05) is 43.7 Å². The Kier molecular flexibility index (Phi) is 12.3. The number of nitrogens with zero attached hydrogens (tertiary/aromatic N) is 9. The molecule has 1 unspecified atom stereocenters. The summed E-state index contributed by atoms with van der Waals surface area (Å²) in [5.74, 6) is -0.763. The molecule has 340 valence electrons. The van der Waals surface area contributed by atoms with Gasteiger partial charge >= 0.3 is 0 Å². The van der Waals surface area contributed by atoms with Crippen LogP contribution in [-0.4, -0.2) is 129 Å². The first kappa shape index (κ1) is 44.4. The van der Waals surface area contributed by atoms with Crippen LogP contribution in [0.4, 0.5) is 34.5 Å². The first-order valence-corrected chi connectivity index (χ1v) is 24.8. The highest BCUT2D eigenvalue weighted by atomic mass is 79.9. The number of methoxy groups -OCH3 is 1. The van der Waals surface area contributed by atoms with Crippen LogP contribution in [0, 0.1) is 0 Å². The maximum Gasteiger partial charge on any atom is 0.264 e. The second-order valence-corrected chi connectivity index (χ2v) is 20.6. The number of halogens is 1. The third-order valence-electron chi connectivity index (χ3n) is 11.9. The number of nitrogens with one attached hydrogen (secondary N) is 4. The summed E-state index contributed by atoms with van der Waals surface area (Å²) in [6, 6.07) is 11.8. The molecule has 0 spiro atoms. The van der Waals surface area contributed by atoms with Crippen LogP contribution in [0.2, 0.25) is 0 Å². The average molecular weight is 977 g/mol. The summed E-state index contributed by atoms with van der Waals surface area (Å²) in [6.45, 7) is 7.91. The van der Waals surface area contributed by atoms with Crippen LogP contribution in [0.15, 0.2) is 77.9 Å². The van der Waals surface area contributed by atoms with E-state index in [0.717, 1.165) is 60.9 Å². The van der Waals surface area contributed by atoms with Crippen LogP contribution in [0.1, 0.15) is 40.0 Å². The number of aryl methyl sites for hydroxylation is 1. The van der Waals surface area contributed by atoms with Gasteiger partial charge in [-0.1, -0.05) is 6.07 Å². The summed E-state index contributed by atoms with van der Waals surface area (Å²) in [5.41, 5.74) is 6.36. The van der Waals surface area contributed by atoms with E-state index in [4.69, 9.17) is 9.72 Å². The molecule has 4 amide bonds. The van der Waals surface area contributed by atoms with Gasteiger partial charge in [0.1, 0.15) is 30.3 Å². The van der Waals surface area contributed by atoms with Gasteiger partial charge in [0.2, 0.25) is 17.8 Å². The number of anilines is 6. The molecule has 3 aliphatic rings. The van der Waals surface area contributed by atoms with Gasteiger partial charge in [-0.3, -0.25) is 48.9 Å². The van der Waals surface area contributed by atoms with Gasteiger partial charge in [-0.2, -0.15) is 10.1 Å². The number of hydrogen-bond donors (Lipinski definition) is 4. The Morgan fingerprint density at radius 1 is 0.909 bits per heavy atom. The second-order valence-electron chi connectivity index (χ2n) is 16.6. The third kappa shape index (κ3) is 8.82. The molecule has 66 heavy (non-hydrogen) atoms. The highest BCUT2D eigenvalue weighted by Crippen LogP contribution is 2.43. The maximum absolute atomic E-state index is 13.6. The predicted molar refractivity (Wildman–Crippen MR) is 255 cm³/mol. The van der Waals surface area contributed by atoms with Crippen molar-refractivity contribution >= 4 is 97.6 Å². The number of carbonyl (C=O) groups excluding carboxylic acids is 4. The van der Waals surface area contributed by atoms with Crippen molar-refractivity contribution in [1.29, 1.82) is 0 Å². The molecule has 0 saturated carbocycles. The van der Waals surface area contributed by atoms with E-state index in [9.17, 15) is 23.7 Å². The Hall–Kier alpha value is -6.76. The highest BCUT2D eigenvalue weighted by molar-refractivity contribution is 9.10. The lowest BCUT2D eigenvalue weighted by atomic mass is 10.0. The molecule has 0 aliphatic carbocycles. The average Bonchev–Trinajstić information content (AvgIpc) is 3.85. The molecule has 3 aromatic heterocycles. The molecule has 4 N–H and O–H groups in total. The quantitative estimate of drug-likeness (QED) is 0.0614. The summed E-state index contributed by atoms with van der Waals surface area (Å²) < 4.78 is 21.9. The van der Waals surface area contributed by atoms with Gasteiger partial charge in [-0.15, -0.1) is 0 Å². The number of rotatable bonds is 14. The number of benzene rings is 3. The van der Waals surface area contributed by atoms with Gasteiger partial charge in [-0.05, 0) is 79.0 Å². The molecule has 19 nitrogen and oxygen atoms in total. The number of aromatic nitrogens is 6. The van der Waals surface area contributed by atoms with Crippen LogP contribution >= 0.6 is 23.1 Å². The summed E-state index contributed by atoms with van der Waals surface area (Å²) in [4.78, 5) is 75.1. The van der Waals surface area contributed by atoms with Crippen molar-refractivity contribution in [2.75, 3.05) is 80.6 Å². The molecule has 2 saturated heterocycles. The summed E-state index contributed by atoms with van der Waals surface area (Å²) >= 11 is 3.59. The summed E-state index contributed by atoms with van der Waals surface area (Å²) in [6.07, 6.45) is 9.59. The van der Waals surface area contributed by atoms with Gasteiger partial charge in [0.05, 0.1) is 51.1 Å². The number of fused-ring (bicyclic) bond motifs is 2. The Labute approximate surface area is 388 Å². The smallest absolute Gasteiger partial charge is 0.264 e. The Morgan fingerprint density at radius 2 is 1.71 bits per heavy atom. The van der Waals surface area contributed by atoms with Crippen LogP contribution in [0.5, 0.6) is 5.75 Å². The largest absolute Gasteiger partial charge is 0.494 e. The lowest BCUT2D eigenvalue weighted by molar-refractivity contribution is -0.136. The minimum atomic E-state index is -2.82. The molecule has 9 rings (SSSR count). The minimum absolute atomic E-state index is 0.0637. The standard InChI is InChI=1S/C45H47BrN13O6P/c1-56-25-26(23-51-56)28-21-33(53-45-50-24-29(46)41(55-45)52-32-10-9-31-39(49-15-14-48-31)40(32)66(3,4)64)36(65-2)22-35(28)58-19-17-57(18-20-58)16-6-13-47-30-8-5-7-27-38(30)44(63)59(43(27)62)34-11-12-37(60)54-42(34)61/h5,7-10,14-15,21-25,34,47H,6,11-13,16-20H2,1-4H3,(H,54,60,61)(H2,50,52,53,55). The third-order valence-corrected chi connectivity index (χ3v) is 14.0. The maximum atomic E-state index is 13.6. The van der Waals surface area contributed by atoms with Crippen molar-refractivity contribution in [3.8, 4) is 16.9 Å². The lowest BCUT2D eigenvalue weighted by Gasteiger charge is -2.37. The SMILES string of the molecule is COc1cc(N2CCN(CCCNc3cccc4c3C(=O)N(C3CCC(=O)NC3=O)C4=O)CC2)c(-c2cnn(C)c2)cc1Nc1ncc(Br)c(Nc2ccc3nccnc3c2P(C)(C)=O)n1. The Morgan fingerprint density at radius 3 is 2.45 bits per heavy atom. The zero-order valence-corrected chi connectivity index (χ0v) is 39.1. The number of ether oxygens (including phenoxy) is 1. The number of amides is 4. The zero-order valence-electron chi connectivity index (χ0n) is 36.7. The molecule has 2 fully saturated rings. The molecule has 6 heterocycles. The van der Waals surface area contributed by atoms with E-state index in [0.29, 0.717) is 61.9 Å².